The maximum absolute atomic E-state index is 9.55. The van der Waals surface area contributed by atoms with Crippen LogP contribution < -0.4 is 5.32 Å². The maximum Gasteiger partial charge on any atom is 0.328 e. The van der Waals surface area contributed by atoms with Crippen LogP contribution in [0.4, 0.5) is 0 Å². The molecule has 1 aromatic carbocycles. The molecule has 3 N–H and O–H groups in total. The van der Waals surface area contributed by atoms with Crippen LogP contribution >= 0.6 is 23.2 Å². The van der Waals surface area contributed by atoms with Crippen LogP contribution in [0.5, 0.6) is 0 Å². The van der Waals surface area contributed by atoms with E-state index in [2.05, 4.69) is 11.4 Å². The molecule has 2 fully saturated rings. The summed E-state index contributed by atoms with van der Waals surface area (Å²) in [4.78, 5) is 19.1. The molecule has 0 bridgehead atoms. The number of halogens is 2. The van der Waals surface area contributed by atoms with Crippen LogP contribution in [0.2, 0.25) is 10.0 Å². The van der Waals surface area contributed by atoms with Gasteiger partial charge in [-0.05, 0) is 55.3 Å². The van der Waals surface area contributed by atoms with Crippen LogP contribution in [0.25, 0.3) is 0 Å². The lowest BCUT2D eigenvalue weighted by Gasteiger charge is -2.37. The molecule has 1 aromatic rings. The molecule has 3 atom stereocenters. The Morgan fingerprint density at radius 1 is 1.14 bits per heavy atom. The lowest BCUT2D eigenvalue weighted by Crippen LogP contribution is -2.43. The predicted octanol–water partition coefficient (Wildman–Crippen LogP) is 3.82. The zero-order valence-corrected chi connectivity index (χ0v) is 17.1. The minimum Gasteiger partial charge on any atom is -0.478 e. The highest BCUT2D eigenvalue weighted by Gasteiger charge is 2.41. The van der Waals surface area contributed by atoms with Crippen molar-refractivity contribution in [3.05, 3.63) is 46.0 Å². The van der Waals surface area contributed by atoms with Crippen molar-refractivity contribution in [2.24, 2.45) is 11.8 Å². The molecule has 6 nitrogen and oxygen atoms in total. The van der Waals surface area contributed by atoms with Crippen molar-refractivity contribution >= 4 is 35.1 Å². The summed E-state index contributed by atoms with van der Waals surface area (Å²) in [7, 11) is 1.85. The third-order valence-electron chi connectivity index (χ3n) is 5.05. The summed E-state index contributed by atoms with van der Waals surface area (Å²) in [6.45, 7) is 2.09. The van der Waals surface area contributed by atoms with Gasteiger partial charge in [-0.15, -0.1) is 0 Å². The van der Waals surface area contributed by atoms with Gasteiger partial charge < -0.3 is 20.3 Å². The SMILES string of the molecule is COC(C1CC1)[C@H]1CNCC[C@@H]1c1ccc(Cl)c(Cl)c1.O=C(O)/C=C/C(=O)O. The molecule has 2 aliphatic rings. The Balaban J connectivity index is 0.000000300. The van der Waals surface area contributed by atoms with E-state index in [0.29, 0.717) is 40.1 Å². The standard InChI is InChI=1S/C16H21Cl2NO.C4H4O4/c1-20-16(10-2-3-10)13-9-19-7-6-12(13)11-4-5-14(17)15(18)8-11;5-3(6)1-2-4(7)8/h4-5,8,10,12-13,16,19H,2-3,6-7,9H2,1H3;1-2H,(H,5,6)(H,7,8)/b;2-1+/t12-,13+,16?;/m1./s1. The highest BCUT2D eigenvalue weighted by atomic mass is 35.5. The third-order valence-corrected chi connectivity index (χ3v) is 5.79. The van der Waals surface area contributed by atoms with Crippen LogP contribution in [-0.2, 0) is 14.3 Å². The van der Waals surface area contributed by atoms with Gasteiger partial charge in [-0.3, -0.25) is 0 Å². The Morgan fingerprint density at radius 2 is 1.79 bits per heavy atom. The van der Waals surface area contributed by atoms with Gasteiger partial charge in [-0.25, -0.2) is 9.59 Å². The first-order valence-corrected chi connectivity index (χ1v) is 9.91. The predicted molar refractivity (Wildman–Crippen MR) is 108 cm³/mol. The zero-order chi connectivity index (χ0) is 20.7. The van der Waals surface area contributed by atoms with Crippen molar-refractivity contribution in [2.75, 3.05) is 20.2 Å². The quantitative estimate of drug-likeness (QED) is 0.594. The topological polar surface area (TPSA) is 95.9 Å². The molecular formula is C20H25Cl2NO5. The summed E-state index contributed by atoms with van der Waals surface area (Å²) in [5.74, 6) is -0.731. The monoisotopic (exact) mass is 429 g/mol. The summed E-state index contributed by atoms with van der Waals surface area (Å²) in [5, 5.41) is 20.4. The Labute approximate surface area is 174 Å². The first kappa shape index (κ1) is 22.7. The summed E-state index contributed by atoms with van der Waals surface area (Å²) in [6.07, 6.45) is 5.23. The molecule has 3 rings (SSSR count). The summed E-state index contributed by atoms with van der Waals surface area (Å²) < 4.78 is 5.82. The molecule has 154 valence electrons. The van der Waals surface area contributed by atoms with Crippen LogP contribution in [0.1, 0.15) is 30.7 Å². The average molecular weight is 430 g/mol. The molecule has 0 spiro atoms. The number of carboxylic acid groups (broad SMARTS) is 2. The lowest BCUT2D eigenvalue weighted by molar-refractivity contribution is -0.134. The van der Waals surface area contributed by atoms with Crippen molar-refractivity contribution < 1.29 is 24.5 Å². The molecule has 0 radical (unpaired) electrons. The average Bonchev–Trinajstić information content (AvgIpc) is 3.49. The number of benzene rings is 1. The normalized spacial score (nSPS) is 23.0. The second-order valence-corrected chi connectivity index (χ2v) is 7.80. The Bertz CT molecular complexity index is 705. The molecule has 0 aromatic heterocycles. The largest absolute Gasteiger partial charge is 0.478 e. The Kier molecular flexibility index (Phi) is 8.76. The number of ether oxygens (including phenoxy) is 1. The highest BCUT2D eigenvalue weighted by Crippen LogP contribution is 2.44. The maximum atomic E-state index is 9.55. The minimum atomic E-state index is -1.26. The van der Waals surface area contributed by atoms with E-state index >= 15 is 0 Å². The van der Waals surface area contributed by atoms with Gasteiger partial charge >= 0.3 is 11.9 Å². The molecule has 1 aliphatic carbocycles. The van der Waals surface area contributed by atoms with Crippen LogP contribution in [0, 0.1) is 11.8 Å². The number of methoxy groups -OCH3 is 1. The third kappa shape index (κ3) is 6.78. The van der Waals surface area contributed by atoms with Gasteiger partial charge in [0.2, 0.25) is 0 Å². The van der Waals surface area contributed by atoms with Crippen molar-refractivity contribution in [1.29, 1.82) is 0 Å². The lowest BCUT2D eigenvalue weighted by atomic mass is 9.77. The van der Waals surface area contributed by atoms with Crippen LogP contribution in [0.15, 0.2) is 30.4 Å². The number of carboxylic acids is 2. The molecule has 1 aliphatic heterocycles. The first-order valence-electron chi connectivity index (χ1n) is 9.15. The van der Waals surface area contributed by atoms with Crippen LogP contribution in [-0.4, -0.2) is 48.5 Å². The van der Waals surface area contributed by atoms with E-state index in [1.807, 2.05) is 19.2 Å². The molecule has 1 saturated carbocycles. The van der Waals surface area contributed by atoms with E-state index < -0.39 is 11.9 Å². The van der Waals surface area contributed by atoms with E-state index in [-0.39, 0.29) is 0 Å². The van der Waals surface area contributed by atoms with E-state index in [9.17, 15) is 9.59 Å². The molecule has 1 saturated heterocycles. The van der Waals surface area contributed by atoms with Gasteiger partial charge in [-0.2, -0.15) is 0 Å². The fourth-order valence-electron chi connectivity index (χ4n) is 3.67. The van der Waals surface area contributed by atoms with E-state index in [1.54, 1.807) is 0 Å². The second kappa shape index (κ2) is 10.8. The second-order valence-electron chi connectivity index (χ2n) is 6.98. The number of piperidine rings is 1. The fraction of sp³-hybridized carbons (Fsp3) is 0.500. The van der Waals surface area contributed by atoms with Gasteiger partial charge in [-0.1, -0.05) is 29.3 Å². The zero-order valence-electron chi connectivity index (χ0n) is 15.6. The van der Waals surface area contributed by atoms with Gasteiger partial charge in [0.05, 0.1) is 16.1 Å². The van der Waals surface area contributed by atoms with E-state index in [0.717, 1.165) is 25.4 Å². The van der Waals surface area contributed by atoms with Crippen molar-refractivity contribution in [1.82, 2.24) is 5.32 Å². The highest BCUT2D eigenvalue weighted by molar-refractivity contribution is 6.42. The Morgan fingerprint density at radius 3 is 2.29 bits per heavy atom. The molecule has 0 amide bonds. The molecular weight excluding hydrogens is 405 g/mol. The summed E-state index contributed by atoms with van der Waals surface area (Å²) >= 11 is 12.2. The van der Waals surface area contributed by atoms with Gasteiger partial charge in [0, 0.05) is 31.7 Å². The summed E-state index contributed by atoms with van der Waals surface area (Å²) in [6, 6.07) is 6.07. The fourth-order valence-corrected chi connectivity index (χ4v) is 3.98. The van der Waals surface area contributed by atoms with Gasteiger partial charge in [0.15, 0.2) is 0 Å². The molecule has 28 heavy (non-hydrogen) atoms. The van der Waals surface area contributed by atoms with E-state index in [4.69, 9.17) is 38.2 Å². The number of hydrogen-bond donors (Lipinski definition) is 3. The van der Waals surface area contributed by atoms with Crippen molar-refractivity contribution in [2.45, 2.75) is 31.3 Å². The Hall–Kier alpha value is -1.60. The molecule has 1 heterocycles. The molecule has 1 unspecified atom stereocenters. The number of aliphatic carboxylic acids is 2. The number of carbonyl (C=O) groups is 2. The smallest absolute Gasteiger partial charge is 0.328 e. The minimum absolute atomic E-state index is 0.363. The first-order chi connectivity index (χ1) is 13.3. The summed E-state index contributed by atoms with van der Waals surface area (Å²) in [5.41, 5.74) is 1.30. The molecule has 8 heteroatoms. The van der Waals surface area contributed by atoms with Crippen molar-refractivity contribution in [3.63, 3.8) is 0 Å². The van der Waals surface area contributed by atoms with Crippen molar-refractivity contribution in [3.8, 4) is 0 Å². The van der Waals surface area contributed by atoms with E-state index in [1.165, 1.54) is 18.4 Å². The number of rotatable bonds is 6. The van der Waals surface area contributed by atoms with Crippen LogP contribution in [0.3, 0.4) is 0 Å². The number of nitrogens with one attached hydrogen (secondary N) is 1. The number of hydrogen-bond acceptors (Lipinski definition) is 4. The van der Waals surface area contributed by atoms with Gasteiger partial charge in [0.1, 0.15) is 0 Å². The van der Waals surface area contributed by atoms with Gasteiger partial charge in [0.25, 0.3) is 0 Å².